The summed E-state index contributed by atoms with van der Waals surface area (Å²) in [5.74, 6) is 0. The predicted molar refractivity (Wildman–Crippen MR) is 68.1 cm³/mol. The van der Waals surface area contributed by atoms with Gasteiger partial charge in [-0.15, -0.1) is 0 Å². The van der Waals surface area contributed by atoms with Gasteiger partial charge >= 0.3 is 0 Å². The van der Waals surface area contributed by atoms with Gasteiger partial charge < -0.3 is 15.5 Å². The van der Waals surface area contributed by atoms with Crippen LogP contribution >= 0.6 is 0 Å². The van der Waals surface area contributed by atoms with Crippen molar-refractivity contribution in [3.8, 4) is 6.07 Å². The Morgan fingerprint density at radius 1 is 1.12 bits per heavy atom. The van der Waals surface area contributed by atoms with Gasteiger partial charge in [-0.2, -0.15) is 5.26 Å². The third-order valence-electron chi connectivity index (χ3n) is 2.67. The Morgan fingerprint density at radius 3 is 2.25 bits per heavy atom. The van der Waals surface area contributed by atoms with Crippen LogP contribution in [-0.4, -0.2) is 56.1 Å². The standard InChI is InChI=1S/C12H26N4/c1-12(14,11-13)7-5-6-8-16(4)10-9-15(2)3/h5-10,14H2,1-4H3. The normalized spacial score (nSPS) is 15.1. The van der Waals surface area contributed by atoms with Crippen LogP contribution in [0.1, 0.15) is 26.2 Å². The molecule has 0 bridgehead atoms. The second-order valence-electron chi connectivity index (χ2n) is 5.09. The van der Waals surface area contributed by atoms with E-state index in [1.165, 1.54) is 0 Å². The number of hydrogen-bond donors (Lipinski definition) is 1. The third-order valence-corrected chi connectivity index (χ3v) is 2.67. The lowest BCUT2D eigenvalue weighted by atomic mass is 9.98. The number of nitriles is 1. The Morgan fingerprint density at radius 2 is 1.75 bits per heavy atom. The second-order valence-corrected chi connectivity index (χ2v) is 5.09. The molecule has 1 atom stereocenters. The summed E-state index contributed by atoms with van der Waals surface area (Å²) in [6.45, 7) is 5.05. The van der Waals surface area contributed by atoms with Crippen LogP contribution in [0.2, 0.25) is 0 Å². The Kier molecular flexibility index (Phi) is 7.31. The first kappa shape index (κ1) is 15.4. The molecule has 0 fully saturated rings. The van der Waals surface area contributed by atoms with Crippen LogP contribution < -0.4 is 5.73 Å². The first-order valence-electron chi connectivity index (χ1n) is 5.91. The summed E-state index contributed by atoms with van der Waals surface area (Å²) in [6, 6.07) is 2.13. The Bertz CT molecular complexity index is 218. The third kappa shape index (κ3) is 8.66. The summed E-state index contributed by atoms with van der Waals surface area (Å²) in [4.78, 5) is 4.50. The second kappa shape index (κ2) is 7.61. The molecule has 0 radical (unpaired) electrons. The van der Waals surface area contributed by atoms with E-state index in [4.69, 9.17) is 11.0 Å². The minimum Gasteiger partial charge on any atom is -0.314 e. The van der Waals surface area contributed by atoms with Crippen molar-refractivity contribution in [3.63, 3.8) is 0 Å². The van der Waals surface area contributed by atoms with E-state index in [2.05, 4.69) is 37.0 Å². The van der Waals surface area contributed by atoms with Gasteiger partial charge in [-0.25, -0.2) is 0 Å². The van der Waals surface area contributed by atoms with E-state index in [1.807, 2.05) is 0 Å². The molecule has 1 unspecified atom stereocenters. The minimum absolute atomic E-state index is 0.651. The lowest BCUT2D eigenvalue weighted by molar-refractivity contribution is 0.275. The van der Waals surface area contributed by atoms with Crippen molar-refractivity contribution in [2.24, 2.45) is 5.73 Å². The van der Waals surface area contributed by atoms with E-state index in [1.54, 1.807) is 6.92 Å². The molecule has 4 nitrogen and oxygen atoms in total. The maximum absolute atomic E-state index is 8.76. The first-order chi connectivity index (χ1) is 7.37. The summed E-state index contributed by atoms with van der Waals surface area (Å²) in [5.41, 5.74) is 5.10. The quantitative estimate of drug-likeness (QED) is 0.625. The molecule has 4 heteroatoms. The maximum Gasteiger partial charge on any atom is 0.101 e. The van der Waals surface area contributed by atoms with Crippen LogP contribution in [0.5, 0.6) is 0 Å². The van der Waals surface area contributed by atoms with Gasteiger partial charge in [0.25, 0.3) is 0 Å². The van der Waals surface area contributed by atoms with Gasteiger partial charge in [-0.1, -0.05) is 0 Å². The summed E-state index contributed by atoms with van der Waals surface area (Å²) < 4.78 is 0. The SMILES string of the molecule is CN(C)CCN(C)CCCCC(C)(N)C#N. The molecule has 0 aromatic carbocycles. The molecular weight excluding hydrogens is 200 g/mol. The summed E-state index contributed by atoms with van der Waals surface area (Å²) >= 11 is 0. The molecule has 0 rings (SSSR count). The van der Waals surface area contributed by atoms with Crippen LogP contribution in [-0.2, 0) is 0 Å². The molecule has 0 aliphatic rings. The molecule has 16 heavy (non-hydrogen) atoms. The van der Waals surface area contributed by atoms with Crippen molar-refractivity contribution in [1.82, 2.24) is 9.80 Å². The van der Waals surface area contributed by atoms with Crippen molar-refractivity contribution < 1.29 is 0 Å². The van der Waals surface area contributed by atoms with Gasteiger partial charge in [0.1, 0.15) is 5.54 Å². The van der Waals surface area contributed by atoms with E-state index in [0.29, 0.717) is 0 Å². The van der Waals surface area contributed by atoms with Crippen LogP contribution in [0, 0.1) is 11.3 Å². The Hall–Kier alpha value is -0.630. The molecule has 0 saturated carbocycles. The fourth-order valence-corrected chi connectivity index (χ4v) is 1.41. The highest BCUT2D eigenvalue weighted by molar-refractivity contribution is 5.00. The van der Waals surface area contributed by atoms with Crippen molar-refractivity contribution in [2.75, 3.05) is 40.8 Å². The minimum atomic E-state index is -0.651. The summed E-state index contributed by atoms with van der Waals surface area (Å²) in [5, 5.41) is 8.76. The highest BCUT2D eigenvalue weighted by Crippen LogP contribution is 2.09. The fourth-order valence-electron chi connectivity index (χ4n) is 1.41. The van der Waals surface area contributed by atoms with Crippen LogP contribution in [0.25, 0.3) is 0 Å². The highest BCUT2D eigenvalue weighted by Gasteiger charge is 2.15. The topological polar surface area (TPSA) is 56.3 Å². The fraction of sp³-hybridized carbons (Fsp3) is 0.917. The van der Waals surface area contributed by atoms with Gasteiger partial charge in [0, 0.05) is 13.1 Å². The van der Waals surface area contributed by atoms with E-state index in [-0.39, 0.29) is 0 Å². The Labute approximate surface area is 100 Å². The molecule has 0 aliphatic carbocycles. The molecule has 0 spiro atoms. The van der Waals surface area contributed by atoms with Crippen molar-refractivity contribution in [1.29, 1.82) is 5.26 Å². The van der Waals surface area contributed by atoms with Crippen molar-refractivity contribution in [3.05, 3.63) is 0 Å². The van der Waals surface area contributed by atoms with Gasteiger partial charge in [-0.3, -0.25) is 0 Å². The average Bonchev–Trinajstić information content (AvgIpc) is 2.21. The molecule has 0 aliphatic heterocycles. The zero-order valence-electron chi connectivity index (χ0n) is 11.2. The predicted octanol–water partition coefficient (Wildman–Crippen LogP) is 0.891. The van der Waals surface area contributed by atoms with Crippen LogP contribution in [0.3, 0.4) is 0 Å². The van der Waals surface area contributed by atoms with E-state index in [9.17, 15) is 0 Å². The van der Waals surface area contributed by atoms with E-state index in [0.717, 1.165) is 38.9 Å². The number of hydrogen-bond acceptors (Lipinski definition) is 4. The van der Waals surface area contributed by atoms with Gasteiger partial charge in [0.05, 0.1) is 6.07 Å². The van der Waals surface area contributed by atoms with Gasteiger partial charge in [-0.05, 0) is 53.9 Å². The molecule has 0 aromatic rings. The summed E-state index contributed by atoms with van der Waals surface area (Å²) in [6.07, 6.45) is 2.91. The lowest BCUT2D eigenvalue weighted by Gasteiger charge is -2.20. The summed E-state index contributed by atoms with van der Waals surface area (Å²) in [7, 11) is 6.30. The molecule has 94 valence electrons. The molecule has 0 amide bonds. The first-order valence-corrected chi connectivity index (χ1v) is 5.91. The number of nitrogens with two attached hydrogens (primary N) is 1. The van der Waals surface area contributed by atoms with Crippen LogP contribution in [0.15, 0.2) is 0 Å². The molecule has 0 heterocycles. The molecule has 0 aromatic heterocycles. The smallest absolute Gasteiger partial charge is 0.101 e. The number of nitrogens with zero attached hydrogens (tertiary/aromatic N) is 3. The lowest BCUT2D eigenvalue weighted by Crippen LogP contribution is -2.34. The average molecular weight is 226 g/mol. The van der Waals surface area contributed by atoms with E-state index >= 15 is 0 Å². The molecule has 2 N–H and O–H groups in total. The van der Waals surface area contributed by atoms with Gasteiger partial charge in [0.15, 0.2) is 0 Å². The van der Waals surface area contributed by atoms with Crippen LogP contribution in [0.4, 0.5) is 0 Å². The van der Waals surface area contributed by atoms with Crippen molar-refractivity contribution >= 4 is 0 Å². The number of rotatable bonds is 8. The molecular formula is C12H26N4. The zero-order chi connectivity index (χ0) is 12.6. The monoisotopic (exact) mass is 226 g/mol. The molecule has 0 saturated heterocycles. The number of likely N-dealkylation sites (N-methyl/N-ethyl adjacent to an activating group) is 2. The van der Waals surface area contributed by atoms with E-state index < -0.39 is 5.54 Å². The largest absolute Gasteiger partial charge is 0.314 e. The number of unbranched alkanes of at least 4 members (excludes halogenated alkanes) is 1. The highest BCUT2D eigenvalue weighted by atomic mass is 15.1. The van der Waals surface area contributed by atoms with Gasteiger partial charge in [0.2, 0.25) is 0 Å². The zero-order valence-corrected chi connectivity index (χ0v) is 11.2. The van der Waals surface area contributed by atoms with Crippen molar-refractivity contribution in [2.45, 2.75) is 31.7 Å². The Balaban J connectivity index is 3.49. The maximum atomic E-state index is 8.76.